The van der Waals surface area contributed by atoms with Gasteiger partial charge in [-0.3, -0.25) is 0 Å². The van der Waals surface area contributed by atoms with E-state index < -0.39 is 11.6 Å². The minimum Gasteiger partial charge on any atom is -0.241 e. The van der Waals surface area contributed by atoms with Gasteiger partial charge in [-0.25, -0.2) is 18.7 Å². The maximum Gasteiger partial charge on any atom is 0.159 e. The predicted octanol–water partition coefficient (Wildman–Crippen LogP) is 6.44. The number of unbranched alkanes of at least 4 members (excludes halogenated alkanes) is 1. The number of halogens is 2. The number of fused-ring (bicyclic) bond motifs is 1. The second-order valence-electron chi connectivity index (χ2n) is 7.89. The zero-order valence-corrected chi connectivity index (χ0v) is 18.0. The van der Waals surface area contributed by atoms with Crippen LogP contribution in [0.1, 0.15) is 47.8 Å². The smallest absolute Gasteiger partial charge is 0.159 e. The van der Waals surface area contributed by atoms with Crippen molar-refractivity contribution in [3.63, 3.8) is 0 Å². The van der Waals surface area contributed by atoms with E-state index in [9.17, 15) is 8.78 Å². The van der Waals surface area contributed by atoms with Crippen molar-refractivity contribution in [3.05, 3.63) is 107 Å². The highest BCUT2D eigenvalue weighted by atomic mass is 19.2. The number of rotatable bonds is 6. The molecule has 2 nitrogen and oxygen atoms in total. The molecule has 4 heteroatoms. The lowest BCUT2D eigenvalue weighted by Crippen LogP contribution is -1.99. The third kappa shape index (κ3) is 5.56. The van der Waals surface area contributed by atoms with E-state index in [0.29, 0.717) is 10.8 Å². The Bertz CT molecular complexity index is 1270. The Balaban J connectivity index is 1.37. The van der Waals surface area contributed by atoms with E-state index in [1.165, 1.54) is 29.7 Å². The van der Waals surface area contributed by atoms with Crippen molar-refractivity contribution in [1.82, 2.24) is 9.97 Å². The molecule has 0 fully saturated rings. The molecule has 4 rings (SSSR count). The molecule has 0 radical (unpaired) electrons. The van der Waals surface area contributed by atoms with E-state index in [1.807, 2.05) is 30.6 Å². The summed E-state index contributed by atoms with van der Waals surface area (Å²) in [7, 11) is 0. The minimum atomic E-state index is -0.851. The Morgan fingerprint density at radius 2 is 1.34 bits per heavy atom. The van der Waals surface area contributed by atoms with Gasteiger partial charge in [0.2, 0.25) is 0 Å². The van der Waals surface area contributed by atoms with Gasteiger partial charge in [0.25, 0.3) is 0 Å². The van der Waals surface area contributed by atoms with Crippen LogP contribution in [-0.2, 0) is 19.3 Å². The first kappa shape index (κ1) is 21.6. The van der Waals surface area contributed by atoms with E-state index in [1.54, 1.807) is 12.1 Å². The van der Waals surface area contributed by atoms with Crippen molar-refractivity contribution in [2.24, 2.45) is 0 Å². The Kier molecular flexibility index (Phi) is 6.87. The minimum absolute atomic E-state index is 0.631. The first-order chi connectivity index (χ1) is 15.6. The van der Waals surface area contributed by atoms with Gasteiger partial charge in [-0.05, 0) is 77.6 Å². The summed E-state index contributed by atoms with van der Waals surface area (Å²) in [6.45, 7) is 2.18. The molecule has 1 aromatic heterocycles. The average Bonchev–Trinajstić information content (AvgIpc) is 2.82. The molecule has 0 aliphatic rings. The van der Waals surface area contributed by atoms with E-state index in [2.05, 4.69) is 40.9 Å². The molecule has 32 heavy (non-hydrogen) atoms. The number of nitrogens with zero attached hydrogens (tertiary/aromatic N) is 2. The molecule has 4 aromatic rings. The highest BCUT2D eigenvalue weighted by Crippen LogP contribution is 2.19. The molecular weight excluding hydrogens is 402 g/mol. The van der Waals surface area contributed by atoms with Gasteiger partial charge in [0.05, 0.1) is 0 Å². The molecule has 0 atom stereocenters. The van der Waals surface area contributed by atoms with Crippen LogP contribution in [0, 0.1) is 23.5 Å². The van der Waals surface area contributed by atoms with Crippen LogP contribution < -0.4 is 0 Å². The fourth-order valence-corrected chi connectivity index (χ4v) is 3.50. The molecule has 0 aliphatic carbocycles. The van der Waals surface area contributed by atoms with Crippen molar-refractivity contribution in [3.8, 4) is 11.8 Å². The summed E-state index contributed by atoms with van der Waals surface area (Å²) in [4.78, 5) is 8.96. The van der Waals surface area contributed by atoms with Gasteiger partial charge in [-0.1, -0.05) is 43.4 Å². The summed E-state index contributed by atoms with van der Waals surface area (Å²) in [6.07, 6.45) is 8.92. The van der Waals surface area contributed by atoms with E-state index in [4.69, 9.17) is 0 Å². The fraction of sp³-hybridized carbons (Fsp3) is 0.214. The zero-order valence-electron chi connectivity index (χ0n) is 18.0. The van der Waals surface area contributed by atoms with Gasteiger partial charge in [0.1, 0.15) is 5.82 Å². The summed E-state index contributed by atoms with van der Waals surface area (Å²) in [5.41, 5.74) is 4.06. The molecule has 0 N–H and O–H groups in total. The molecule has 1 heterocycles. The van der Waals surface area contributed by atoms with E-state index >= 15 is 0 Å². The first-order valence-electron chi connectivity index (χ1n) is 10.9. The molecule has 0 spiro atoms. The molecule has 160 valence electrons. The van der Waals surface area contributed by atoms with Gasteiger partial charge in [-0.2, -0.15) is 0 Å². The molecular formula is C28H24F2N2. The lowest BCUT2D eigenvalue weighted by Gasteiger charge is -2.03. The van der Waals surface area contributed by atoms with Crippen LogP contribution >= 0.6 is 0 Å². The number of benzene rings is 3. The molecule has 3 aromatic carbocycles. The van der Waals surface area contributed by atoms with Crippen molar-refractivity contribution in [2.45, 2.75) is 39.0 Å². The maximum absolute atomic E-state index is 13.5. The maximum atomic E-state index is 13.5. The van der Waals surface area contributed by atoms with Gasteiger partial charge >= 0.3 is 0 Å². The Hall–Kier alpha value is -3.58. The standard InChI is InChI=1S/C28H24F2N2/c1-2-3-4-23-18-31-28(32-19-23)14-12-21-7-5-20(6-8-21)9-10-22-11-13-24-16-26(29)27(30)17-25(24)15-22/h5-8,11,13,15-19H,2-4,12,14H2,1H3. The van der Waals surface area contributed by atoms with E-state index in [0.717, 1.165) is 42.6 Å². The molecule has 0 amide bonds. The van der Waals surface area contributed by atoms with Gasteiger partial charge in [-0.15, -0.1) is 0 Å². The molecule has 0 aliphatic heterocycles. The number of aromatic nitrogens is 2. The SMILES string of the molecule is CCCCc1cnc(CCc2ccc(C#Cc3ccc4cc(F)c(F)cc4c3)cc2)nc1. The quantitative estimate of drug-likeness (QED) is 0.332. The monoisotopic (exact) mass is 426 g/mol. The third-order valence-corrected chi connectivity index (χ3v) is 5.40. The van der Waals surface area contributed by atoms with Crippen LogP contribution in [0.3, 0.4) is 0 Å². The summed E-state index contributed by atoms with van der Waals surface area (Å²) < 4.78 is 26.8. The third-order valence-electron chi connectivity index (χ3n) is 5.40. The van der Waals surface area contributed by atoms with Crippen LogP contribution in [0.2, 0.25) is 0 Å². The largest absolute Gasteiger partial charge is 0.241 e. The first-order valence-corrected chi connectivity index (χ1v) is 10.9. The normalized spacial score (nSPS) is 10.7. The fourth-order valence-electron chi connectivity index (χ4n) is 3.50. The predicted molar refractivity (Wildman–Crippen MR) is 124 cm³/mol. The van der Waals surface area contributed by atoms with E-state index in [-0.39, 0.29) is 0 Å². The zero-order chi connectivity index (χ0) is 22.3. The topological polar surface area (TPSA) is 25.8 Å². The molecule has 0 bridgehead atoms. The summed E-state index contributed by atoms with van der Waals surface area (Å²) in [6, 6.07) is 15.9. The molecule has 0 saturated heterocycles. The second kappa shape index (κ2) is 10.2. The number of aryl methyl sites for hydroxylation is 3. The lowest BCUT2D eigenvalue weighted by atomic mass is 10.1. The van der Waals surface area contributed by atoms with Crippen LogP contribution in [0.5, 0.6) is 0 Å². The number of hydrogen-bond acceptors (Lipinski definition) is 2. The van der Waals surface area contributed by atoms with Crippen molar-refractivity contribution >= 4 is 10.8 Å². The highest BCUT2D eigenvalue weighted by Gasteiger charge is 2.04. The van der Waals surface area contributed by atoms with Crippen molar-refractivity contribution in [2.75, 3.05) is 0 Å². The lowest BCUT2D eigenvalue weighted by molar-refractivity contribution is 0.511. The molecule has 0 saturated carbocycles. The summed E-state index contributed by atoms with van der Waals surface area (Å²) in [5.74, 6) is 5.40. The number of hydrogen-bond donors (Lipinski definition) is 0. The van der Waals surface area contributed by atoms with Crippen LogP contribution in [0.15, 0.2) is 67.0 Å². The van der Waals surface area contributed by atoms with Gasteiger partial charge in [0.15, 0.2) is 11.6 Å². The van der Waals surface area contributed by atoms with Crippen LogP contribution in [-0.4, -0.2) is 9.97 Å². The highest BCUT2D eigenvalue weighted by molar-refractivity contribution is 5.84. The van der Waals surface area contributed by atoms with Crippen LogP contribution in [0.25, 0.3) is 10.8 Å². The summed E-state index contributed by atoms with van der Waals surface area (Å²) in [5, 5.41) is 1.28. The van der Waals surface area contributed by atoms with Crippen LogP contribution in [0.4, 0.5) is 8.78 Å². The summed E-state index contributed by atoms with van der Waals surface area (Å²) >= 11 is 0. The Morgan fingerprint density at radius 1 is 0.688 bits per heavy atom. The molecule has 0 unspecified atom stereocenters. The second-order valence-corrected chi connectivity index (χ2v) is 7.89. The van der Waals surface area contributed by atoms with Gasteiger partial charge < -0.3 is 0 Å². The Morgan fingerprint density at radius 3 is 2.06 bits per heavy atom. The van der Waals surface area contributed by atoms with Crippen molar-refractivity contribution in [1.29, 1.82) is 0 Å². The van der Waals surface area contributed by atoms with Gasteiger partial charge in [0, 0.05) is 29.9 Å². The van der Waals surface area contributed by atoms with Crippen molar-refractivity contribution < 1.29 is 8.78 Å². The Labute approximate surface area is 187 Å². The average molecular weight is 427 g/mol.